The highest BCUT2D eigenvalue weighted by Crippen LogP contribution is 2.34. The Hall–Kier alpha value is -0.300. The number of rotatable bonds is 1. The zero-order chi connectivity index (χ0) is 11.0. The maximum absolute atomic E-state index is 2.30. The van der Waals surface area contributed by atoms with Gasteiger partial charge in [-0.2, -0.15) is 0 Å². The van der Waals surface area contributed by atoms with E-state index in [-0.39, 0.29) is 0 Å². The summed E-state index contributed by atoms with van der Waals surface area (Å²) in [6.45, 7) is 13.8. The first-order chi connectivity index (χ1) is 6.20. The van der Waals surface area contributed by atoms with Gasteiger partial charge in [-0.15, -0.1) is 11.3 Å². The van der Waals surface area contributed by atoms with E-state index >= 15 is 0 Å². The molecule has 80 valence electrons. The van der Waals surface area contributed by atoms with Gasteiger partial charge in [0.25, 0.3) is 0 Å². The third kappa shape index (κ3) is 3.13. The molecule has 1 heterocycles. The second-order valence-electron chi connectivity index (χ2n) is 6.26. The Morgan fingerprint density at radius 3 is 2.07 bits per heavy atom. The lowest BCUT2D eigenvalue weighted by Crippen LogP contribution is -2.15. The van der Waals surface area contributed by atoms with Crippen molar-refractivity contribution < 1.29 is 0 Å². The highest BCUT2D eigenvalue weighted by molar-refractivity contribution is 7.10. The molecule has 0 spiro atoms. The summed E-state index contributed by atoms with van der Waals surface area (Å²) in [5.41, 5.74) is 2.23. The van der Waals surface area contributed by atoms with Crippen LogP contribution in [-0.2, 0) is 11.8 Å². The fraction of sp³-hybridized carbons (Fsp3) is 0.692. The standard InChI is InChI=1S/C13H22S/c1-12(2,3)9-10-7-8-14-11(10)13(4,5)6/h7-8H,9H2,1-6H3. The smallest absolute Gasteiger partial charge is 0.0131 e. The second kappa shape index (κ2) is 3.69. The van der Waals surface area contributed by atoms with Crippen LogP contribution in [0.15, 0.2) is 11.4 Å². The van der Waals surface area contributed by atoms with E-state index in [1.807, 2.05) is 11.3 Å². The lowest BCUT2D eigenvalue weighted by Gasteiger charge is -2.23. The number of hydrogen-bond donors (Lipinski definition) is 0. The summed E-state index contributed by atoms with van der Waals surface area (Å²) in [5.74, 6) is 0. The maximum Gasteiger partial charge on any atom is 0.0131 e. The predicted octanol–water partition coefficient (Wildman–Crippen LogP) is 4.63. The van der Waals surface area contributed by atoms with E-state index in [1.54, 1.807) is 4.88 Å². The van der Waals surface area contributed by atoms with Gasteiger partial charge in [-0.25, -0.2) is 0 Å². The fourth-order valence-corrected chi connectivity index (χ4v) is 2.72. The molecule has 1 aromatic heterocycles. The molecule has 1 heteroatoms. The molecule has 0 N–H and O–H groups in total. The van der Waals surface area contributed by atoms with Crippen LogP contribution in [0.4, 0.5) is 0 Å². The zero-order valence-electron chi connectivity index (χ0n) is 10.3. The monoisotopic (exact) mass is 210 g/mol. The molecule has 0 fully saturated rings. The summed E-state index contributed by atoms with van der Waals surface area (Å²) >= 11 is 1.90. The van der Waals surface area contributed by atoms with Crippen LogP contribution in [-0.4, -0.2) is 0 Å². The topological polar surface area (TPSA) is 0 Å². The van der Waals surface area contributed by atoms with E-state index in [2.05, 4.69) is 53.0 Å². The van der Waals surface area contributed by atoms with E-state index in [9.17, 15) is 0 Å². The highest BCUT2D eigenvalue weighted by atomic mass is 32.1. The Balaban J connectivity index is 2.95. The van der Waals surface area contributed by atoms with Crippen LogP contribution in [0.3, 0.4) is 0 Å². The van der Waals surface area contributed by atoms with Crippen molar-refractivity contribution in [1.29, 1.82) is 0 Å². The van der Waals surface area contributed by atoms with E-state index in [0.717, 1.165) is 0 Å². The van der Waals surface area contributed by atoms with Crippen LogP contribution in [0.25, 0.3) is 0 Å². The van der Waals surface area contributed by atoms with Gasteiger partial charge in [0.15, 0.2) is 0 Å². The van der Waals surface area contributed by atoms with Crippen LogP contribution in [0.1, 0.15) is 52.0 Å². The molecule has 1 aromatic rings. The Morgan fingerprint density at radius 1 is 1.07 bits per heavy atom. The van der Waals surface area contributed by atoms with Crippen molar-refractivity contribution in [3.05, 3.63) is 21.9 Å². The summed E-state index contributed by atoms with van der Waals surface area (Å²) in [6, 6.07) is 2.29. The van der Waals surface area contributed by atoms with Gasteiger partial charge in [-0.3, -0.25) is 0 Å². The second-order valence-corrected chi connectivity index (χ2v) is 7.18. The van der Waals surface area contributed by atoms with E-state index in [4.69, 9.17) is 0 Å². The van der Waals surface area contributed by atoms with Gasteiger partial charge in [0.2, 0.25) is 0 Å². The van der Waals surface area contributed by atoms with Crippen molar-refractivity contribution in [2.75, 3.05) is 0 Å². The Labute approximate surface area is 92.4 Å². The third-order valence-corrected chi connectivity index (χ3v) is 3.53. The van der Waals surface area contributed by atoms with E-state index in [1.165, 1.54) is 12.0 Å². The Bertz CT molecular complexity index is 294. The summed E-state index contributed by atoms with van der Waals surface area (Å²) < 4.78 is 0. The van der Waals surface area contributed by atoms with Gasteiger partial charge >= 0.3 is 0 Å². The summed E-state index contributed by atoms with van der Waals surface area (Å²) in [5, 5.41) is 2.22. The minimum Gasteiger partial charge on any atom is -0.148 e. The molecule has 0 nitrogen and oxygen atoms in total. The molecule has 0 saturated heterocycles. The van der Waals surface area contributed by atoms with Gasteiger partial charge < -0.3 is 0 Å². The number of thiophene rings is 1. The normalized spacial score (nSPS) is 13.3. The van der Waals surface area contributed by atoms with Crippen LogP contribution < -0.4 is 0 Å². The molecular weight excluding hydrogens is 188 g/mol. The first-order valence-corrected chi connectivity index (χ1v) is 6.15. The molecule has 0 bridgehead atoms. The highest BCUT2D eigenvalue weighted by Gasteiger charge is 2.22. The average Bonchev–Trinajstić information content (AvgIpc) is 2.29. The van der Waals surface area contributed by atoms with Crippen LogP contribution in [0.2, 0.25) is 0 Å². The third-order valence-electron chi connectivity index (χ3n) is 2.15. The molecule has 0 amide bonds. The van der Waals surface area contributed by atoms with Crippen molar-refractivity contribution in [2.45, 2.75) is 53.4 Å². The molecule has 0 aliphatic rings. The Kier molecular flexibility index (Phi) is 3.10. The molecule has 14 heavy (non-hydrogen) atoms. The van der Waals surface area contributed by atoms with Gasteiger partial charge in [0.1, 0.15) is 0 Å². The van der Waals surface area contributed by atoms with Crippen LogP contribution >= 0.6 is 11.3 Å². The zero-order valence-corrected chi connectivity index (χ0v) is 11.1. The van der Waals surface area contributed by atoms with Crippen molar-refractivity contribution >= 4 is 11.3 Å². The van der Waals surface area contributed by atoms with Gasteiger partial charge in [-0.05, 0) is 34.3 Å². The summed E-state index contributed by atoms with van der Waals surface area (Å²) in [4.78, 5) is 1.55. The first kappa shape index (κ1) is 11.8. The van der Waals surface area contributed by atoms with Crippen molar-refractivity contribution in [2.24, 2.45) is 5.41 Å². The van der Waals surface area contributed by atoms with E-state index in [0.29, 0.717) is 10.8 Å². The summed E-state index contributed by atoms with van der Waals surface area (Å²) in [7, 11) is 0. The summed E-state index contributed by atoms with van der Waals surface area (Å²) in [6.07, 6.45) is 1.18. The lowest BCUT2D eigenvalue weighted by molar-refractivity contribution is 0.407. The van der Waals surface area contributed by atoms with Crippen LogP contribution in [0, 0.1) is 5.41 Å². The largest absolute Gasteiger partial charge is 0.148 e. The molecule has 0 atom stereocenters. The van der Waals surface area contributed by atoms with Crippen LogP contribution in [0.5, 0.6) is 0 Å². The minimum atomic E-state index is 0.300. The molecule has 0 aliphatic carbocycles. The van der Waals surface area contributed by atoms with Crippen molar-refractivity contribution in [3.63, 3.8) is 0 Å². The molecule has 0 aromatic carbocycles. The molecule has 0 saturated carbocycles. The van der Waals surface area contributed by atoms with Gasteiger partial charge in [-0.1, -0.05) is 41.5 Å². The van der Waals surface area contributed by atoms with Crippen molar-refractivity contribution in [3.8, 4) is 0 Å². The molecule has 0 aliphatic heterocycles. The van der Waals surface area contributed by atoms with E-state index < -0.39 is 0 Å². The minimum absolute atomic E-state index is 0.300. The van der Waals surface area contributed by atoms with Gasteiger partial charge in [0.05, 0.1) is 0 Å². The SMILES string of the molecule is CC(C)(C)Cc1ccsc1C(C)(C)C. The molecule has 0 unspecified atom stereocenters. The fourth-order valence-electron chi connectivity index (χ4n) is 1.70. The van der Waals surface area contributed by atoms with Gasteiger partial charge in [0, 0.05) is 4.88 Å². The Morgan fingerprint density at radius 2 is 1.64 bits per heavy atom. The lowest BCUT2D eigenvalue weighted by atomic mass is 9.84. The molecular formula is C13H22S. The predicted molar refractivity (Wildman–Crippen MR) is 66.2 cm³/mol. The molecule has 0 radical (unpaired) electrons. The average molecular weight is 210 g/mol. The van der Waals surface area contributed by atoms with Crippen molar-refractivity contribution in [1.82, 2.24) is 0 Å². The molecule has 1 rings (SSSR count). The maximum atomic E-state index is 2.30. The number of hydrogen-bond acceptors (Lipinski definition) is 1. The first-order valence-electron chi connectivity index (χ1n) is 5.27. The quantitative estimate of drug-likeness (QED) is 0.634.